The third-order valence-corrected chi connectivity index (χ3v) is 3.80. The standard InChI is InChI=1S/C16H16O3S/c1-11-3-4-12(2)14(9-11)19-10-15-13(7-8-20-15)5-6-16(17)18/h3-9H,10H2,1-2H3,(H,17,18). The summed E-state index contributed by atoms with van der Waals surface area (Å²) in [5.41, 5.74) is 3.14. The van der Waals surface area contributed by atoms with Crippen molar-refractivity contribution in [2.45, 2.75) is 20.5 Å². The normalized spacial score (nSPS) is 10.9. The third-order valence-electron chi connectivity index (χ3n) is 2.89. The molecule has 0 aliphatic carbocycles. The molecule has 4 heteroatoms. The van der Waals surface area contributed by atoms with Gasteiger partial charge in [-0.1, -0.05) is 12.1 Å². The lowest BCUT2D eigenvalue weighted by atomic mass is 10.1. The molecule has 0 saturated heterocycles. The minimum Gasteiger partial charge on any atom is -0.488 e. The molecule has 0 amide bonds. The van der Waals surface area contributed by atoms with Crippen molar-refractivity contribution >= 4 is 23.4 Å². The summed E-state index contributed by atoms with van der Waals surface area (Å²) in [6, 6.07) is 7.99. The summed E-state index contributed by atoms with van der Waals surface area (Å²) in [4.78, 5) is 11.6. The molecular formula is C16H16O3S. The Morgan fingerprint density at radius 1 is 1.35 bits per heavy atom. The van der Waals surface area contributed by atoms with E-state index < -0.39 is 5.97 Å². The van der Waals surface area contributed by atoms with Crippen LogP contribution >= 0.6 is 11.3 Å². The summed E-state index contributed by atoms with van der Waals surface area (Å²) in [6.07, 6.45) is 2.74. The van der Waals surface area contributed by atoms with Gasteiger partial charge in [-0.15, -0.1) is 11.3 Å². The number of hydrogen-bond acceptors (Lipinski definition) is 3. The second-order valence-electron chi connectivity index (χ2n) is 4.53. The number of carboxylic acids is 1. The van der Waals surface area contributed by atoms with Crippen LogP contribution < -0.4 is 4.74 Å². The van der Waals surface area contributed by atoms with Gasteiger partial charge in [-0.3, -0.25) is 0 Å². The number of aliphatic carboxylic acids is 1. The highest BCUT2D eigenvalue weighted by Crippen LogP contribution is 2.24. The molecule has 1 heterocycles. The van der Waals surface area contributed by atoms with E-state index in [2.05, 4.69) is 0 Å². The van der Waals surface area contributed by atoms with Crippen molar-refractivity contribution in [1.82, 2.24) is 0 Å². The van der Waals surface area contributed by atoms with Gasteiger partial charge in [0.25, 0.3) is 0 Å². The number of hydrogen-bond donors (Lipinski definition) is 1. The van der Waals surface area contributed by atoms with Crippen molar-refractivity contribution in [2.24, 2.45) is 0 Å². The number of carbonyl (C=O) groups is 1. The van der Waals surface area contributed by atoms with Gasteiger partial charge in [0, 0.05) is 11.0 Å². The van der Waals surface area contributed by atoms with E-state index in [4.69, 9.17) is 9.84 Å². The lowest BCUT2D eigenvalue weighted by Gasteiger charge is -2.09. The highest BCUT2D eigenvalue weighted by molar-refractivity contribution is 7.10. The van der Waals surface area contributed by atoms with E-state index in [0.717, 1.165) is 33.4 Å². The Labute approximate surface area is 122 Å². The van der Waals surface area contributed by atoms with Crippen LogP contribution in [0.5, 0.6) is 5.75 Å². The Morgan fingerprint density at radius 2 is 2.15 bits per heavy atom. The first kappa shape index (κ1) is 14.3. The number of ether oxygens (including phenoxy) is 1. The first-order chi connectivity index (χ1) is 9.56. The second kappa shape index (κ2) is 6.39. The average molecular weight is 288 g/mol. The Balaban J connectivity index is 2.10. The van der Waals surface area contributed by atoms with Crippen molar-refractivity contribution < 1.29 is 14.6 Å². The van der Waals surface area contributed by atoms with Gasteiger partial charge in [-0.05, 0) is 54.1 Å². The van der Waals surface area contributed by atoms with Gasteiger partial charge in [0.15, 0.2) is 0 Å². The Morgan fingerprint density at radius 3 is 2.90 bits per heavy atom. The molecule has 0 saturated carbocycles. The largest absolute Gasteiger partial charge is 0.488 e. The molecule has 1 N–H and O–H groups in total. The van der Waals surface area contributed by atoms with Crippen LogP contribution in [-0.4, -0.2) is 11.1 Å². The fraction of sp³-hybridized carbons (Fsp3) is 0.188. The molecule has 0 atom stereocenters. The van der Waals surface area contributed by atoms with E-state index in [-0.39, 0.29) is 0 Å². The number of rotatable bonds is 5. The SMILES string of the molecule is Cc1ccc(C)c(OCc2sccc2C=CC(=O)O)c1. The Hall–Kier alpha value is -2.07. The minimum atomic E-state index is -0.947. The highest BCUT2D eigenvalue weighted by atomic mass is 32.1. The maximum atomic E-state index is 10.6. The summed E-state index contributed by atoms with van der Waals surface area (Å²) in [5.74, 6) is -0.0795. The lowest BCUT2D eigenvalue weighted by Crippen LogP contribution is -1.97. The first-order valence-corrected chi connectivity index (χ1v) is 7.11. The number of thiophene rings is 1. The monoisotopic (exact) mass is 288 g/mol. The van der Waals surface area contributed by atoms with Crippen LogP contribution in [0, 0.1) is 13.8 Å². The molecule has 2 rings (SSSR count). The quantitative estimate of drug-likeness (QED) is 0.845. The third kappa shape index (κ3) is 3.71. The number of aryl methyl sites for hydroxylation is 2. The molecule has 0 unspecified atom stereocenters. The summed E-state index contributed by atoms with van der Waals surface area (Å²) in [5, 5.41) is 10.6. The fourth-order valence-electron chi connectivity index (χ4n) is 1.78. The highest BCUT2D eigenvalue weighted by Gasteiger charge is 2.05. The van der Waals surface area contributed by atoms with E-state index in [1.54, 1.807) is 17.4 Å². The number of benzene rings is 1. The second-order valence-corrected chi connectivity index (χ2v) is 5.53. The Bertz CT molecular complexity index is 641. The van der Waals surface area contributed by atoms with Crippen LogP contribution in [0.3, 0.4) is 0 Å². The molecule has 1 aromatic heterocycles. The summed E-state index contributed by atoms with van der Waals surface area (Å²) in [7, 11) is 0. The van der Waals surface area contributed by atoms with Crippen molar-refractivity contribution in [2.75, 3.05) is 0 Å². The van der Waals surface area contributed by atoms with Crippen molar-refractivity contribution in [1.29, 1.82) is 0 Å². The first-order valence-electron chi connectivity index (χ1n) is 6.23. The molecule has 3 nitrogen and oxygen atoms in total. The van der Waals surface area contributed by atoms with Crippen LogP contribution in [0.15, 0.2) is 35.7 Å². The van der Waals surface area contributed by atoms with Crippen LogP contribution in [0.2, 0.25) is 0 Å². The zero-order valence-electron chi connectivity index (χ0n) is 11.4. The molecule has 0 bridgehead atoms. The van der Waals surface area contributed by atoms with Crippen molar-refractivity contribution in [3.05, 3.63) is 57.3 Å². The summed E-state index contributed by atoms with van der Waals surface area (Å²) in [6.45, 7) is 4.48. The van der Waals surface area contributed by atoms with E-state index in [9.17, 15) is 4.79 Å². The van der Waals surface area contributed by atoms with E-state index in [1.807, 2.05) is 43.5 Å². The predicted octanol–water partition coefficient (Wildman–Crippen LogP) is 4.04. The van der Waals surface area contributed by atoms with Crippen LogP contribution in [-0.2, 0) is 11.4 Å². The van der Waals surface area contributed by atoms with Gasteiger partial charge >= 0.3 is 5.97 Å². The molecule has 2 aromatic rings. The van der Waals surface area contributed by atoms with E-state index in [1.165, 1.54) is 0 Å². The van der Waals surface area contributed by atoms with Crippen molar-refractivity contribution in [3.8, 4) is 5.75 Å². The van der Waals surface area contributed by atoms with Gasteiger partial charge in [0.2, 0.25) is 0 Å². The van der Waals surface area contributed by atoms with Gasteiger partial charge < -0.3 is 9.84 Å². The van der Waals surface area contributed by atoms with Gasteiger partial charge in [0.05, 0.1) is 0 Å². The maximum Gasteiger partial charge on any atom is 0.328 e. The smallest absolute Gasteiger partial charge is 0.328 e. The topological polar surface area (TPSA) is 46.5 Å². The molecule has 0 aliphatic rings. The van der Waals surface area contributed by atoms with Gasteiger partial charge in [-0.2, -0.15) is 0 Å². The molecule has 0 aliphatic heterocycles. The molecule has 0 spiro atoms. The fourth-order valence-corrected chi connectivity index (χ4v) is 2.56. The maximum absolute atomic E-state index is 10.6. The molecule has 0 radical (unpaired) electrons. The minimum absolute atomic E-state index is 0.446. The molecule has 0 fully saturated rings. The zero-order chi connectivity index (χ0) is 14.5. The zero-order valence-corrected chi connectivity index (χ0v) is 12.2. The van der Waals surface area contributed by atoms with Crippen molar-refractivity contribution in [3.63, 3.8) is 0 Å². The number of carboxylic acid groups (broad SMARTS) is 1. The molecule has 104 valence electrons. The van der Waals surface area contributed by atoms with E-state index >= 15 is 0 Å². The van der Waals surface area contributed by atoms with E-state index in [0.29, 0.717) is 6.61 Å². The van der Waals surface area contributed by atoms with Gasteiger partial charge in [-0.25, -0.2) is 4.79 Å². The Kier molecular flexibility index (Phi) is 4.58. The van der Waals surface area contributed by atoms with Crippen LogP contribution in [0.25, 0.3) is 6.08 Å². The van der Waals surface area contributed by atoms with Crippen LogP contribution in [0.4, 0.5) is 0 Å². The molecular weight excluding hydrogens is 272 g/mol. The molecule has 20 heavy (non-hydrogen) atoms. The summed E-state index contributed by atoms with van der Waals surface area (Å²) < 4.78 is 5.84. The summed E-state index contributed by atoms with van der Waals surface area (Å²) >= 11 is 1.56. The lowest BCUT2D eigenvalue weighted by molar-refractivity contribution is -0.131. The predicted molar refractivity (Wildman–Crippen MR) is 81.2 cm³/mol. The molecule has 1 aromatic carbocycles. The average Bonchev–Trinajstić information content (AvgIpc) is 2.85. The van der Waals surface area contributed by atoms with Crippen LogP contribution in [0.1, 0.15) is 21.6 Å². The van der Waals surface area contributed by atoms with Gasteiger partial charge in [0.1, 0.15) is 12.4 Å².